The summed E-state index contributed by atoms with van der Waals surface area (Å²) in [5, 5.41) is 0. The molecule has 1 aliphatic heterocycles. The van der Waals surface area contributed by atoms with Gasteiger partial charge < -0.3 is 4.74 Å². The highest BCUT2D eigenvalue weighted by atomic mass is 16.5. The van der Waals surface area contributed by atoms with E-state index in [1.807, 2.05) is 25.1 Å². The number of fused-ring (bicyclic) bond motifs is 1. The van der Waals surface area contributed by atoms with E-state index in [-0.39, 0.29) is 11.5 Å². The van der Waals surface area contributed by atoms with Crippen LogP contribution in [0.25, 0.3) is 0 Å². The van der Waals surface area contributed by atoms with E-state index in [9.17, 15) is 4.79 Å². The molecular weight excluding hydrogens is 226 g/mol. The summed E-state index contributed by atoms with van der Waals surface area (Å²) >= 11 is 0. The Hall–Kier alpha value is -1.35. The molecule has 0 N–H and O–H groups in total. The summed E-state index contributed by atoms with van der Waals surface area (Å²) in [6.45, 7) is 4.23. The Balaban J connectivity index is 1.75. The van der Waals surface area contributed by atoms with E-state index in [0.717, 1.165) is 25.9 Å². The Morgan fingerprint density at radius 2 is 2.22 bits per heavy atom. The molecule has 1 aromatic carbocycles. The van der Waals surface area contributed by atoms with Gasteiger partial charge in [-0.2, -0.15) is 0 Å². The number of benzene rings is 1. The molecule has 3 nitrogen and oxygen atoms in total. The Morgan fingerprint density at radius 1 is 1.44 bits per heavy atom. The number of carbonyl (C=O) groups is 1. The van der Waals surface area contributed by atoms with Gasteiger partial charge in [-0.15, -0.1) is 0 Å². The second kappa shape index (κ2) is 4.39. The van der Waals surface area contributed by atoms with Gasteiger partial charge in [-0.3, -0.25) is 9.69 Å². The fraction of sp³-hybridized carbons (Fsp3) is 0.533. The zero-order valence-electron chi connectivity index (χ0n) is 10.8. The van der Waals surface area contributed by atoms with Gasteiger partial charge in [0.15, 0.2) is 0 Å². The van der Waals surface area contributed by atoms with Crippen LogP contribution in [0.3, 0.4) is 0 Å². The summed E-state index contributed by atoms with van der Waals surface area (Å²) in [4.78, 5) is 14.5. The number of rotatable bonds is 4. The fourth-order valence-corrected chi connectivity index (χ4v) is 3.22. The molecule has 2 fully saturated rings. The van der Waals surface area contributed by atoms with Crippen molar-refractivity contribution >= 4 is 5.97 Å². The molecule has 0 aromatic heterocycles. The largest absolute Gasteiger partial charge is 0.465 e. The predicted octanol–water partition coefficient (Wildman–Crippen LogP) is 2.21. The second-order valence-corrected chi connectivity index (χ2v) is 5.24. The van der Waals surface area contributed by atoms with Gasteiger partial charge in [0.1, 0.15) is 5.54 Å². The van der Waals surface area contributed by atoms with Gasteiger partial charge in [-0.05, 0) is 37.8 Å². The molecular formula is C15H19NO2. The maximum Gasteiger partial charge on any atom is 0.326 e. The van der Waals surface area contributed by atoms with E-state index in [2.05, 4.69) is 17.0 Å². The summed E-state index contributed by atoms with van der Waals surface area (Å²) < 4.78 is 5.26. The lowest BCUT2D eigenvalue weighted by atomic mass is 10.1. The first-order valence-corrected chi connectivity index (χ1v) is 6.73. The van der Waals surface area contributed by atoms with Crippen LogP contribution in [-0.2, 0) is 16.1 Å². The van der Waals surface area contributed by atoms with E-state index in [1.54, 1.807) is 0 Å². The highest BCUT2D eigenvalue weighted by molar-refractivity contribution is 5.85. The molecule has 1 unspecified atom stereocenters. The molecule has 0 radical (unpaired) electrons. The van der Waals surface area contributed by atoms with Gasteiger partial charge in [-0.25, -0.2) is 0 Å². The van der Waals surface area contributed by atoms with Crippen LogP contribution in [0.2, 0.25) is 0 Å². The smallest absolute Gasteiger partial charge is 0.326 e. The molecule has 3 rings (SSSR count). The van der Waals surface area contributed by atoms with Crippen LogP contribution in [-0.4, -0.2) is 29.6 Å². The maximum absolute atomic E-state index is 12.1. The standard InChI is InChI=1S/C15H19NO2/c1-2-18-14(17)15-10-13(15)8-9-16(15)11-12-6-4-3-5-7-12/h3-7,13H,2,8-11H2,1H3/t13?,15-/m0/s1. The molecule has 0 amide bonds. The lowest BCUT2D eigenvalue weighted by Crippen LogP contribution is -2.42. The van der Waals surface area contributed by atoms with Crippen LogP contribution in [0, 0.1) is 5.92 Å². The van der Waals surface area contributed by atoms with Crippen molar-refractivity contribution in [3.63, 3.8) is 0 Å². The predicted molar refractivity (Wildman–Crippen MR) is 68.9 cm³/mol. The average molecular weight is 245 g/mol. The minimum Gasteiger partial charge on any atom is -0.465 e. The number of hydrogen-bond donors (Lipinski definition) is 0. The van der Waals surface area contributed by atoms with Crippen LogP contribution < -0.4 is 0 Å². The van der Waals surface area contributed by atoms with Crippen molar-refractivity contribution in [3.8, 4) is 0 Å². The van der Waals surface area contributed by atoms with Crippen LogP contribution in [0.5, 0.6) is 0 Å². The van der Waals surface area contributed by atoms with Crippen molar-refractivity contribution in [2.45, 2.75) is 31.8 Å². The first-order chi connectivity index (χ1) is 8.77. The highest BCUT2D eigenvalue weighted by Crippen LogP contribution is 2.56. The van der Waals surface area contributed by atoms with Crippen LogP contribution in [0.15, 0.2) is 30.3 Å². The summed E-state index contributed by atoms with van der Waals surface area (Å²) in [5.74, 6) is 0.517. The molecule has 0 bridgehead atoms. The summed E-state index contributed by atoms with van der Waals surface area (Å²) in [7, 11) is 0. The maximum atomic E-state index is 12.1. The lowest BCUT2D eigenvalue weighted by molar-refractivity contribution is -0.151. The Labute approximate surface area is 108 Å². The number of esters is 1. The van der Waals surface area contributed by atoms with Crippen molar-refractivity contribution in [2.75, 3.05) is 13.2 Å². The average Bonchev–Trinajstić information content (AvgIpc) is 3.03. The Bertz CT molecular complexity index is 445. The van der Waals surface area contributed by atoms with Crippen molar-refractivity contribution in [2.24, 2.45) is 5.92 Å². The third-order valence-corrected chi connectivity index (χ3v) is 4.23. The monoisotopic (exact) mass is 245 g/mol. The van der Waals surface area contributed by atoms with Crippen LogP contribution in [0.1, 0.15) is 25.3 Å². The lowest BCUT2D eigenvalue weighted by Gasteiger charge is -2.26. The minimum atomic E-state index is -0.286. The van der Waals surface area contributed by atoms with Crippen molar-refractivity contribution in [1.82, 2.24) is 4.90 Å². The molecule has 1 saturated heterocycles. The molecule has 0 spiro atoms. The molecule has 1 saturated carbocycles. The van der Waals surface area contributed by atoms with Gasteiger partial charge >= 0.3 is 5.97 Å². The van der Waals surface area contributed by atoms with Crippen LogP contribution in [0.4, 0.5) is 0 Å². The molecule has 18 heavy (non-hydrogen) atoms. The zero-order chi connectivity index (χ0) is 12.6. The summed E-state index contributed by atoms with van der Waals surface area (Å²) in [5.41, 5.74) is 0.986. The third-order valence-electron chi connectivity index (χ3n) is 4.23. The molecule has 96 valence electrons. The van der Waals surface area contributed by atoms with E-state index in [0.29, 0.717) is 12.5 Å². The molecule has 1 heterocycles. The van der Waals surface area contributed by atoms with Gasteiger partial charge in [0, 0.05) is 6.54 Å². The molecule has 1 aliphatic carbocycles. The first kappa shape index (κ1) is 11.7. The van der Waals surface area contributed by atoms with Crippen molar-refractivity contribution in [1.29, 1.82) is 0 Å². The zero-order valence-corrected chi connectivity index (χ0v) is 10.8. The van der Waals surface area contributed by atoms with Gasteiger partial charge in [0.2, 0.25) is 0 Å². The topological polar surface area (TPSA) is 29.5 Å². The molecule has 3 heteroatoms. The number of hydrogen-bond acceptors (Lipinski definition) is 3. The number of carbonyl (C=O) groups excluding carboxylic acids is 1. The van der Waals surface area contributed by atoms with Crippen molar-refractivity contribution in [3.05, 3.63) is 35.9 Å². The number of piperidine rings is 1. The Morgan fingerprint density at radius 3 is 2.89 bits per heavy atom. The number of ether oxygens (including phenoxy) is 1. The summed E-state index contributed by atoms with van der Waals surface area (Å²) in [6, 6.07) is 10.4. The fourth-order valence-electron chi connectivity index (χ4n) is 3.22. The molecule has 1 aromatic rings. The van der Waals surface area contributed by atoms with Crippen LogP contribution >= 0.6 is 0 Å². The Kier molecular flexibility index (Phi) is 2.86. The van der Waals surface area contributed by atoms with E-state index >= 15 is 0 Å². The SMILES string of the molecule is CCOC(=O)[C@]12CC1CCN2Cc1ccccc1. The molecule has 2 atom stereocenters. The summed E-state index contributed by atoms with van der Waals surface area (Å²) in [6.07, 6.45) is 2.12. The van der Waals surface area contributed by atoms with Gasteiger partial charge in [0.25, 0.3) is 0 Å². The first-order valence-electron chi connectivity index (χ1n) is 6.73. The van der Waals surface area contributed by atoms with Gasteiger partial charge in [-0.1, -0.05) is 30.3 Å². The third kappa shape index (κ3) is 1.74. The van der Waals surface area contributed by atoms with Gasteiger partial charge in [0.05, 0.1) is 6.61 Å². The molecule has 2 aliphatic rings. The number of likely N-dealkylation sites (tertiary alicyclic amines) is 1. The van der Waals surface area contributed by atoms with E-state index in [1.165, 1.54) is 5.56 Å². The normalized spacial score (nSPS) is 29.9. The second-order valence-electron chi connectivity index (χ2n) is 5.24. The van der Waals surface area contributed by atoms with E-state index in [4.69, 9.17) is 4.74 Å². The number of nitrogens with zero attached hydrogens (tertiary/aromatic N) is 1. The van der Waals surface area contributed by atoms with E-state index < -0.39 is 0 Å². The van der Waals surface area contributed by atoms with Crippen molar-refractivity contribution < 1.29 is 9.53 Å². The quantitative estimate of drug-likeness (QED) is 0.762. The highest BCUT2D eigenvalue weighted by Gasteiger charge is 2.67. The minimum absolute atomic E-state index is 0.0107.